The zero-order valence-corrected chi connectivity index (χ0v) is 10.7. The highest BCUT2D eigenvalue weighted by Crippen LogP contribution is 2.31. The monoisotopic (exact) mass is 247 g/mol. The second-order valence-corrected chi connectivity index (χ2v) is 4.42. The topological polar surface area (TPSA) is 81.2 Å². The van der Waals surface area contributed by atoms with Gasteiger partial charge in [-0.2, -0.15) is 5.10 Å². The Morgan fingerprint density at radius 1 is 1.28 bits per heavy atom. The molecular weight excluding hydrogens is 230 g/mol. The molecular formula is C13H17N3O2. The summed E-state index contributed by atoms with van der Waals surface area (Å²) in [6.07, 6.45) is 0. The molecule has 1 aromatic carbocycles. The second kappa shape index (κ2) is 4.60. The number of aromatic hydroxyl groups is 2. The summed E-state index contributed by atoms with van der Waals surface area (Å²) in [5.74, 6) is 0.132. The Morgan fingerprint density at radius 2 is 2.00 bits per heavy atom. The van der Waals surface area contributed by atoms with Crippen molar-refractivity contribution < 1.29 is 10.2 Å². The smallest absolute Gasteiger partial charge is 0.124 e. The number of aryl methyl sites for hydroxylation is 2. The van der Waals surface area contributed by atoms with Crippen LogP contribution >= 0.6 is 0 Å². The number of phenolic OH excluding ortho intramolecular Hbond substituents is 2. The zero-order chi connectivity index (χ0) is 13.3. The molecule has 0 spiro atoms. The van der Waals surface area contributed by atoms with Crippen LogP contribution in [-0.4, -0.2) is 20.4 Å². The maximum atomic E-state index is 9.81. The Bertz CT molecular complexity index is 544. The summed E-state index contributed by atoms with van der Waals surface area (Å²) in [4.78, 5) is 0. The number of rotatable bonds is 3. The van der Waals surface area contributed by atoms with Crippen LogP contribution in [0.25, 0.3) is 0 Å². The minimum atomic E-state index is -0.0828. The van der Waals surface area contributed by atoms with E-state index in [1.54, 1.807) is 12.1 Å². The SMILES string of the molecule is Cc1n[nH]c(C)c1NC(C)c1ccc(O)cc1O. The van der Waals surface area contributed by atoms with Gasteiger partial charge in [-0.1, -0.05) is 0 Å². The molecule has 0 radical (unpaired) electrons. The number of anilines is 1. The molecule has 0 aliphatic heterocycles. The minimum absolute atomic E-state index is 0.0547. The molecule has 18 heavy (non-hydrogen) atoms. The van der Waals surface area contributed by atoms with Gasteiger partial charge in [-0.3, -0.25) is 5.10 Å². The number of benzene rings is 1. The fourth-order valence-electron chi connectivity index (χ4n) is 1.96. The summed E-state index contributed by atoms with van der Waals surface area (Å²) in [7, 11) is 0. The molecule has 2 rings (SSSR count). The van der Waals surface area contributed by atoms with E-state index in [0.29, 0.717) is 0 Å². The molecule has 5 heteroatoms. The summed E-state index contributed by atoms with van der Waals surface area (Å²) < 4.78 is 0. The summed E-state index contributed by atoms with van der Waals surface area (Å²) in [6.45, 7) is 5.79. The Kier molecular flexibility index (Phi) is 3.14. The highest BCUT2D eigenvalue weighted by Gasteiger charge is 2.14. The maximum Gasteiger partial charge on any atom is 0.124 e. The van der Waals surface area contributed by atoms with E-state index in [0.717, 1.165) is 22.6 Å². The van der Waals surface area contributed by atoms with Crippen LogP contribution in [0.3, 0.4) is 0 Å². The highest BCUT2D eigenvalue weighted by atomic mass is 16.3. The third-order valence-corrected chi connectivity index (χ3v) is 2.97. The van der Waals surface area contributed by atoms with Gasteiger partial charge < -0.3 is 15.5 Å². The first-order valence-corrected chi connectivity index (χ1v) is 5.79. The van der Waals surface area contributed by atoms with Crippen LogP contribution in [0.2, 0.25) is 0 Å². The number of nitrogens with one attached hydrogen (secondary N) is 2. The van der Waals surface area contributed by atoms with Gasteiger partial charge in [0.2, 0.25) is 0 Å². The van der Waals surface area contributed by atoms with Crippen LogP contribution in [0.5, 0.6) is 11.5 Å². The molecule has 0 fully saturated rings. The van der Waals surface area contributed by atoms with E-state index in [1.165, 1.54) is 6.07 Å². The van der Waals surface area contributed by atoms with Crippen molar-refractivity contribution in [2.45, 2.75) is 26.8 Å². The van der Waals surface area contributed by atoms with E-state index < -0.39 is 0 Å². The molecule has 0 saturated carbocycles. The number of nitrogens with zero attached hydrogens (tertiary/aromatic N) is 1. The van der Waals surface area contributed by atoms with Crippen molar-refractivity contribution in [3.63, 3.8) is 0 Å². The predicted octanol–water partition coefficient (Wildman–Crippen LogP) is 2.61. The number of hydrogen-bond acceptors (Lipinski definition) is 4. The Morgan fingerprint density at radius 3 is 2.56 bits per heavy atom. The van der Waals surface area contributed by atoms with Crippen LogP contribution in [0, 0.1) is 13.8 Å². The van der Waals surface area contributed by atoms with Crippen LogP contribution in [0.15, 0.2) is 18.2 Å². The summed E-state index contributed by atoms with van der Waals surface area (Å²) in [6, 6.07) is 4.51. The fourth-order valence-corrected chi connectivity index (χ4v) is 1.96. The Hall–Kier alpha value is -2.17. The van der Waals surface area contributed by atoms with Gasteiger partial charge in [-0.15, -0.1) is 0 Å². The van der Waals surface area contributed by atoms with Gasteiger partial charge in [-0.25, -0.2) is 0 Å². The lowest BCUT2D eigenvalue weighted by Crippen LogP contribution is -2.08. The van der Waals surface area contributed by atoms with Crippen molar-refractivity contribution in [1.29, 1.82) is 0 Å². The largest absolute Gasteiger partial charge is 0.508 e. The third kappa shape index (κ3) is 2.25. The lowest BCUT2D eigenvalue weighted by molar-refractivity contribution is 0.444. The lowest BCUT2D eigenvalue weighted by atomic mass is 10.1. The number of aromatic amines is 1. The van der Waals surface area contributed by atoms with E-state index in [4.69, 9.17) is 0 Å². The molecule has 96 valence electrons. The molecule has 0 bridgehead atoms. The molecule has 1 aromatic heterocycles. The second-order valence-electron chi connectivity index (χ2n) is 4.42. The van der Waals surface area contributed by atoms with Crippen LogP contribution < -0.4 is 5.32 Å². The average Bonchev–Trinajstić information content (AvgIpc) is 2.60. The summed E-state index contributed by atoms with van der Waals surface area (Å²) >= 11 is 0. The molecule has 4 N–H and O–H groups in total. The highest BCUT2D eigenvalue weighted by molar-refractivity contribution is 5.54. The normalized spacial score (nSPS) is 12.4. The van der Waals surface area contributed by atoms with Crippen molar-refractivity contribution in [3.05, 3.63) is 35.2 Å². The zero-order valence-electron chi connectivity index (χ0n) is 10.7. The van der Waals surface area contributed by atoms with Gasteiger partial charge in [0.25, 0.3) is 0 Å². The number of hydrogen-bond donors (Lipinski definition) is 4. The number of H-pyrrole nitrogens is 1. The molecule has 1 unspecified atom stereocenters. The molecule has 1 atom stereocenters. The van der Waals surface area contributed by atoms with E-state index in [2.05, 4.69) is 15.5 Å². The summed E-state index contributed by atoms with van der Waals surface area (Å²) in [5, 5.41) is 29.4. The number of phenols is 2. The minimum Gasteiger partial charge on any atom is -0.508 e. The van der Waals surface area contributed by atoms with Gasteiger partial charge >= 0.3 is 0 Å². The standard InChI is InChI=1S/C13H17N3O2/c1-7(11-5-4-10(17)6-12(11)18)14-13-8(2)15-16-9(13)3/h4-7,14,17-18H,1-3H3,(H,15,16). The Labute approximate surface area is 105 Å². The fraction of sp³-hybridized carbons (Fsp3) is 0.308. The van der Waals surface area contributed by atoms with Crippen LogP contribution in [0.4, 0.5) is 5.69 Å². The molecule has 0 aliphatic carbocycles. The van der Waals surface area contributed by atoms with Crippen LogP contribution in [-0.2, 0) is 0 Å². The van der Waals surface area contributed by atoms with Crippen molar-refractivity contribution >= 4 is 5.69 Å². The Balaban J connectivity index is 2.24. The maximum absolute atomic E-state index is 9.81. The van der Waals surface area contributed by atoms with Gasteiger partial charge in [0.05, 0.1) is 23.1 Å². The first kappa shape index (κ1) is 12.3. The lowest BCUT2D eigenvalue weighted by Gasteiger charge is -2.17. The molecule has 2 aromatic rings. The van der Waals surface area contributed by atoms with E-state index in [-0.39, 0.29) is 17.5 Å². The molecule has 0 saturated heterocycles. The average molecular weight is 247 g/mol. The van der Waals surface area contributed by atoms with Gasteiger partial charge in [0.1, 0.15) is 11.5 Å². The van der Waals surface area contributed by atoms with Crippen molar-refractivity contribution in [1.82, 2.24) is 10.2 Å². The van der Waals surface area contributed by atoms with Gasteiger partial charge in [0.15, 0.2) is 0 Å². The molecule has 5 nitrogen and oxygen atoms in total. The molecule has 0 amide bonds. The van der Waals surface area contributed by atoms with Gasteiger partial charge in [-0.05, 0) is 32.9 Å². The quantitative estimate of drug-likeness (QED) is 0.672. The van der Waals surface area contributed by atoms with Crippen molar-refractivity contribution in [2.75, 3.05) is 5.32 Å². The number of aromatic nitrogens is 2. The van der Waals surface area contributed by atoms with Gasteiger partial charge in [0, 0.05) is 11.6 Å². The van der Waals surface area contributed by atoms with Crippen molar-refractivity contribution in [2.24, 2.45) is 0 Å². The third-order valence-electron chi connectivity index (χ3n) is 2.97. The van der Waals surface area contributed by atoms with E-state index >= 15 is 0 Å². The predicted molar refractivity (Wildman–Crippen MR) is 69.9 cm³/mol. The first-order chi connectivity index (χ1) is 8.49. The molecule has 0 aliphatic rings. The van der Waals surface area contributed by atoms with Crippen LogP contribution in [0.1, 0.15) is 29.9 Å². The van der Waals surface area contributed by atoms with E-state index in [9.17, 15) is 10.2 Å². The molecule has 1 heterocycles. The first-order valence-electron chi connectivity index (χ1n) is 5.79. The van der Waals surface area contributed by atoms with Crippen molar-refractivity contribution in [3.8, 4) is 11.5 Å². The van der Waals surface area contributed by atoms with E-state index in [1.807, 2.05) is 20.8 Å². The summed E-state index contributed by atoms with van der Waals surface area (Å²) in [5.41, 5.74) is 3.51.